The van der Waals surface area contributed by atoms with Gasteiger partial charge in [-0.15, -0.1) is 5.10 Å². The summed E-state index contributed by atoms with van der Waals surface area (Å²) in [6, 6.07) is 4.88. The number of carbonyl (C=O) groups is 1. The second-order valence-electron chi connectivity index (χ2n) is 3.00. The average Bonchev–Trinajstić information content (AvgIpc) is 2.81. The van der Waals surface area contributed by atoms with Gasteiger partial charge >= 0.3 is 0 Å². The Hall–Kier alpha value is -2.44. The van der Waals surface area contributed by atoms with E-state index in [4.69, 9.17) is 10.5 Å². The van der Waals surface area contributed by atoms with Crippen molar-refractivity contribution in [3.05, 3.63) is 30.1 Å². The first-order valence-electron chi connectivity index (χ1n) is 4.43. The zero-order valence-electron chi connectivity index (χ0n) is 8.49. The fourth-order valence-corrected chi connectivity index (χ4v) is 1.31. The second-order valence-corrected chi connectivity index (χ2v) is 3.00. The lowest BCUT2D eigenvalue weighted by atomic mass is 10.1. The highest BCUT2D eigenvalue weighted by atomic mass is 16.5. The summed E-state index contributed by atoms with van der Waals surface area (Å²) < 4.78 is 6.51. The molecule has 0 fully saturated rings. The number of carbonyl (C=O) groups excluding carboxylic acids is 1. The van der Waals surface area contributed by atoms with Crippen LogP contribution in [-0.4, -0.2) is 33.2 Å². The maximum absolute atomic E-state index is 11.1. The maximum atomic E-state index is 11.1. The highest BCUT2D eigenvalue weighted by Gasteiger charge is 2.10. The van der Waals surface area contributed by atoms with Gasteiger partial charge in [-0.05, 0) is 22.6 Å². The molecule has 7 heteroatoms. The van der Waals surface area contributed by atoms with Crippen LogP contribution in [0.3, 0.4) is 0 Å². The lowest BCUT2D eigenvalue weighted by molar-refractivity contribution is 0.0997. The Kier molecular flexibility index (Phi) is 2.50. The summed E-state index contributed by atoms with van der Waals surface area (Å²) in [5.41, 5.74) is 6.20. The molecule has 0 saturated heterocycles. The topological polar surface area (TPSA) is 95.9 Å². The predicted octanol–water partition coefficient (Wildman–Crippen LogP) is -0.230. The molecule has 0 saturated carbocycles. The van der Waals surface area contributed by atoms with E-state index in [1.807, 2.05) is 0 Å². The van der Waals surface area contributed by atoms with Crippen LogP contribution >= 0.6 is 0 Å². The Morgan fingerprint density at radius 3 is 2.88 bits per heavy atom. The molecule has 2 N–H and O–H groups in total. The molecule has 1 heterocycles. The molecule has 82 valence electrons. The van der Waals surface area contributed by atoms with Crippen molar-refractivity contribution in [3.8, 4) is 11.4 Å². The van der Waals surface area contributed by atoms with Gasteiger partial charge in [0.05, 0.1) is 18.4 Å². The van der Waals surface area contributed by atoms with E-state index in [2.05, 4.69) is 15.5 Å². The Morgan fingerprint density at radius 1 is 1.50 bits per heavy atom. The lowest BCUT2D eigenvalue weighted by Gasteiger charge is -2.07. The van der Waals surface area contributed by atoms with Gasteiger partial charge in [-0.2, -0.15) is 0 Å². The van der Waals surface area contributed by atoms with E-state index in [1.54, 1.807) is 18.2 Å². The Bertz CT molecular complexity index is 509. The second kappa shape index (κ2) is 3.97. The largest absolute Gasteiger partial charge is 0.496 e. The number of hydrogen-bond donors (Lipinski definition) is 1. The van der Waals surface area contributed by atoms with Gasteiger partial charge in [0, 0.05) is 6.07 Å². The van der Waals surface area contributed by atoms with Crippen LogP contribution in [0.5, 0.6) is 5.75 Å². The van der Waals surface area contributed by atoms with Crippen LogP contribution in [0.15, 0.2) is 24.5 Å². The van der Waals surface area contributed by atoms with Crippen molar-refractivity contribution >= 4 is 5.91 Å². The van der Waals surface area contributed by atoms with Gasteiger partial charge in [0.25, 0.3) is 5.91 Å². The zero-order chi connectivity index (χ0) is 11.5. The monoisotopic (exact) mass is 219 g/mol. The number of amides is 1. The number of aromatic nitrogens is 4. The minimum atomic E-state index is -0.542. The Morgan fingerprint density at radius 2 is 2.31 bits per heavy atom. The number of ether oxygens (including phenoxy) is 1. The molecule has 7 nitrogen and oxygen atoms in total. The third-order valence-electron chi connectivity index (χ3n) is 2.06. The summed E-state index contributed by atoms with van der Waals surface area (Å²) in [5, 5.41) is 10.7. The van der Waals surface area contributed by atoms with Crippen LogP contribution in [-0.2, 0) is 0 Å². The van der Waals surface area contributed by atoms with Gasteiger partial charge in [0.2, 0.25) is 0 Å². The van der Waals surface area contributed by atoms with Gasteiger partial charge in [-0.25, -0.2) is 4.68 Å². The number of hydrogen-bond acceptors (Lipinski definition) is 5. The van der Waals surface area contributed by atoms with Gasteiger partial charge in [-0.3, -0.25) is 4.79 Å². The quantitative estimate of drug-likeness (QED) is 0.769. The third-order valence-corrected chi connectivity index (χ3v) is 2.06. The molecule has 0 bridgehead atoms. The molecule has 0 unspecified atom stereocenters. The minimum absolute atomic E-state index is 0.319. The summed E-state index contributed by atoms with van der Waals surface area (Å²) in [6.45, 7) is 0. The van der Waals surface area contributed by atoms with Crippen LogP contribution in [0.2, 0.25) is 0 Å². The summed E-state index contributed by atoms with van der Waals surface area (Å²) >= 11 is 0. The molecule has 0 aliphatic heterocycles. The fourth-order valence-electron chi connectivity index (χ4n) is 1.31. The number of rotatable bonds is 3. The van der Waals surface area contributed by atoms with Crippen LogP contribution in [0.1, 0.15) is 10.4 Å². The van der Waals surface area contributed by atoms with Crippen molar-refractivity contribution in [2.24, 2.45) is 5.73 Å². The van der Waals surface area contributed by atoms with Crippen molar-refractivity contribution in [1.82, 2.24) is 20.2 Å². The van der Waals surface area contributed by atoms with Crippen LogP contribution in [0, 0.1) is 0 Å². The van der Waals surface area contributed by atoms with Gasteiger partial charge < -0.3 is 10.5 Å². The zero-order valence-corrected chi connectivity index (χ0v) is 8.49. The number of tetrazole rings is 1. The number of primary amides is 1. The Labute approximate surface area is 90.8 Å². The van der Waals surface area contributed by atoms with Gasteiger partial charge in [0.1, 0.15) is 12.1 Å². The summed E-state index contributed by atoms with van der Waals surface area (Å²) in [5.74, 6) is -0.152. The molecule has 16 heavy (non-hydrogen) atoms. The van der Waals surface area contributed by atoms with Crippen LogP contribution < -0.4 is 10.5 Å². The number of nitrogens with zero attached hydrogens (tertiary/aromatic N) is 4. The van der Waals surface area contributed by atoms with Crippen molar-refractivity contribution in [3.63, 3.8) is 0 Å². The smallest absolute Gasteiger partial charge is 0.252 e. The molecule has 0 spiro atoms. The molecule has 0 atom stereocenters. The summed E-state index contributed by atoms with van der Waals surface area (Å²) in [6.07, 6.45) is 1.44. The highest BCUT2D eigenvalue weighted by molar-refractivity contribution is 5.95. The Balaban J connectivity index is 2.49. The molecule has 2 rings (SSSR count). The van der Waals surface area contributed by atoms with Gasteiger partial charge in [-0.1, -0.05) is 0 Å². The molecule has 1 aromatic carbocycles. The molecule has 0 radical (unpaired) electrons. The first-order valence-corrected chi connectivity index (χ1v) is 4.43. The SMILES string of the molecule is COc1cc(-n2cnnn2)ccc1C(N)=O. The lowest BCUT2D eigenvalue weighted by Crippen LogP contribution is -2.12. The number of nitrogens with two attached hydrogens (primary N) is 1. The maximum Gasteiger partial charge on any atom is 0.252 e. The molecular weight excluding hydrogens is 210 g/mol. The third kappa shape index (κ3) is 1.70. The van der Waals surface area contributed by atoms with E-state index in [1.165, 1.54) is 18.1 Å². The number of benzene rings is 1. The fraction of sp³-hybridized carbons (Fsp3) is 0.111. The highest BCUT2D eigenvalue weighted by Crippen LogP contribution is 2.21. The molecule has 1 aromatic heterocycles. The number of methoxy groups -OCH3 is 1. The first-order chi connectivity index (χ1) is 7.72. The summed E-state index contributed by atoms with van der Waals surface area (Å²) in [7, 11) is 1.46. The minimum Gasteiger partial charge on any atom is -0.496 e. The molecule has 0 aliphatic rings. The molecule has 2 aromatic rings. The van der Waals surface area contributed by atoms with Crippen LogP contribution in [0.4, 0.5) is 0 Å². The standard InChI is InChI=1S/C9H9N5O2/c1-16-8-4-6(14-5-11-12-13-14)2-3-7(8)9(10)15/h2-5H,1H3,(H2,10,15). The molecule has 1 amide bonds. The van der Waals surface area contributed by atoms with Gasteiger partial charge in [0.15, 0.2) is 0 Å². The van der Waals surface area contributed by atoms with E-state index in [9.17, 15) is 4.79 Å². The van der Waals surface area contributed by atoms with E-state index in [-0.39, 0.29) is 0 Å². The van der Waals surface area contributed by atoms with Crippen molar-refractivity contribution in [2.45, 2.75) is 0 Å². The van der Waals surface area contributed by atoms with E-state index in [0.717, 1.165) is 0 Å². The van der Waals surface area contributed by atoms with E-state index >= 15 is 0 Å². The van der Waals surface area contributed by atoms with Crippen molar-refractivity contribution in [2.75, 3.05) is 7.11 Å². The first kappa shape index (κ1) is 10.1. The predicted molar refractivity (Wildman–Crippen MR) is 54.2 cm³/mol. The molecular formula is C9H9N5O2. The van der Waals surface area contributed by atoms with Crippen LogP contribution in [0.25, 0.3) is 5.69 Å². The average molecular weight is 219 g/mol. The molecule has 0 aliphatic carbocycles. The summed E-state index contributed by atoms with van der Waals surface area (Å²) in [4.78, 5) is 11.1. The normalized spacial score (nSPS) is 10.1. The van der Waals surface area contributed by atoms with Crippen molar-refractivity contribution in [1.29, 1.82) is 0 Å². The van der Waals surface area contributed by atoms with E-state index < -0.39 is 5.91 Å². The van der Waals surface area contributed by atoms with E-state index in [0.29, 0.717) is 17.0 Å². The van der Waals surface area contributed by atoms with Crippen molar-refractivity contribution < 1.29 is 9.53 Å².